The van der Waals surface area contributed by atoms with E-state index in [9.17, 15) is 14.9 Å². The number of carbonyl (C=O) groups is 1. The SMILES string of the molecule is COC(=O)C=Cc1ccc(N2Cc3cn[nH]c3C(C)C2)c([N+](=O)[O-])c1. The number of fused-ring (bicyclic) bond motifs is 1. The highest BCUT2D eigenvalue weighted by atomic mass is 16.6. The number of H-pyrrole nitrogens is 1. The minimum atomic E-state index is -0.510. The summed E-state index contributed by atoms with van der Waals surface area (Å²) in [7, 11) is 1.28. The molecule has 0 saturated heterocycles. The number of rotatable bonds is 4. The first-order valence-electron chi connectivity index (χ1n) is 7.81. The Bertz CT molecular complexity index is 843. The highest BCUT2D eigenvalue weighted by molar-refractivity contribution is 5.87. The van der Waals surface area contributed by atoms with Crippen molar-refractivity contribution < 1.29 is 14.5 Å². The molecule has 1 N–H and O–H groups in total. The molecule has 1 unspecified atom stereocenters. The molecule has 3 rings (SSSR count). The summed E-state index contributed by atoms with van der Waals surface area (Å²) in [5.74, 6) is -0.311. The molecule has 8 heteroatoms. The normalized spacial score (nSPS) is 16.7. The fourth-order valence-corrected chi connectivity index (χ4v) is 3.04. The molecule has 0 aliphatic carbocycles. The smallest absolute Gasteiger partial charge is 0.330 e. The van der Waals surface area contributed by atoms with Gasteiger partial charge in [0.1, 0.15) is 5.69 Å². The van der Waals surface area contributed by atoms with E-state index in [4.69, 9.17) is 0 Å². The van der Waals surface area contributed by atoms with Gasteiger partial charge in [-0.25, -0.2) is 4.79 Å². The van der Waals surface area contributed by atoms with Gasteiger partial charge in [0, 0.05) is 42.4 Å². The van der Waals surface area contributed by atoms with Gasteiger partial charge in [-0.05, 0) is 17.7 Å². The molecule has 1 atom stereocenters. The summed E-state index contributed by atoms with van der Waals surface area (Å²) in [6, 6.07) is 4.93. The third-order valence-corrected chi connectivity index (χ3v) is 4.25. The second-order valence-electron chi connectivity index (χ2n) is 5.95. The zero-order chi connectivity index (χ0) is 18.0. The number of nitrogens with one attached hydrogen (secondary N) is 1. The Kier molecular flexibility index (Phi) is 4.51. The van der Waals surface area contributed by atoms with E-state index in [0.29, 0.717) is 24.3 Å². The van der Waals surface area contributed by atoms with Crippen LogP contribution in [0, 0.1) is 10.1 Å². The molecule has 1 aromatic heterocycles. The Morgan fingerprint density at radius 1 is 1.52 bits per heavy atom. The van der Waals surface area contributed by atoms with Crippen LogP contribution in [0.3, 0.4) is 0 Å². The van der Waals surface area contributed by atoms with Crippen molar-refractivity contribution in [3.63, 3.8) is 0 Å². The Morgan fingerprint density at radius 3 is 3.04 bits per heavy atom. The van der Waals surface area contributed by atoms with Gasteiger partial charge in [-0.2, -0.15) is 5.10 Å². The second-order valence-corrected chi connectivity index (χ2v) is 5.95. The second kappa shape index (κ2) is 6.76. The number of hydrogen-bond donors (Lipinski definition) is 1. The van der Waals surface area contributed by atoms with Crippen molar-refractivity contribution in [1.29, 1.82) is 0 Å². The number of methoxy groups -OCH3 is 1. The van der Waals surface area contributed by atoms with E-state index in [1.165, 1.54) is 25.3 Å². The van der Waals surface area contributed by atoms with Crippen LogP contribution in [0.4, 0.5) is 11.4 Å². The Balaban J connectivity index is 1.93. The minimum Gasteiger partial charge on any atom is -0.466 e. The first-order chi connectivity index (χ1) is 12.0. The van der Waals surface area contributed by atoms with Gasteiger partial charge in [0.05, 0.1) is 18.2 Å². The van der Waals surface area contributed by atoms with E-state index < -0.39 is 10.9 Å². The van der Waals surface area contributed by atoms with Crippen molar-refractivity contribution in [1.82, 2.24) is 10.2 Å². The standard InChI is InChI=1S/C17H18N4O4/c1-11-9-20(10-13-8-18-19-17(11)13)14-5-3-12(4-6-16(22)25-2)7-15(14)21(23)24/h3-8,11H,9-10H2,1-2H3,(H,18,19). The van der Waals surface area contributed by atoms with Gasteiger partial charge < -0.3 is 9.64 Å². The van der Waals surface area contributed by atoms with E-state index >= 15 is 0 Å². The number of hydrogen-bond acceptors (Lipinski definition) is 6. The van der Waals surface area contributed by atoms with Gasteiger partial charge >= 0.3 is 5.97 Å². The van der Waals surface area contributed by atoms with Gasteiger partial charge in [0.25, 0.3) is 5.69 Å². The molecule has 130 valence electrons. The third kappa shape index (κ3) is 3.37. The summed E-state index contributed by atoms with van der Waals surface area (Å²) in [5.41, 5.74) is 3.25. The van der Waals surface area contributed by atoms with Gasteiger partial charge in [-0.1, -0.05) is 13.0 Å². The lowest BCUT2D eigenvalue weighted by Crippen LogP contribution is -2.32. The molecule has 0 amide bonds. The van der Waals surface area contributed by atoms with Crippen LogP contribution in [0.5, 0.6) is 0 Å². The quantitative estimate of drug-likeness (QED) is 0.397. The van der Waals surface area contributed by atoms with Crippen molar-refractivity contribution in [3.8, 4) is 0 Å². The predicted octanol–water partition coefficient (Wildman–Crippen LogP) is 2.63. The highest BCUT2D eigenvalue weighted by Crippen LogP contribution is 2.35. The average Bonchev–Trinajstić information content (AvgIpc) is 3.08. The van der Waals surface area contributed by atoms with Crippen LogP contribution in [0.15, 0.2) is 30.5 Å². The van der Waals surface area contributed by atoms with Crippen molar-refractivity contribution >= 4 is 23.4 Å². The number of anilines is 1. The summed E-state index contributed by atoms with van der Waals surface area (Å²) >= 11 is 0. The monoisotopic (exact) mass is 342 g/mol. The molecule has 0 bridgehead atoms. The molecule has 1 aliphatic heterocycles. The molecular formula is C17H18N4O4. The topological polar surface area (TPSA) is 101 Å². The van der Waals surface area contributed by atoms with Crippen molar-refractivity contribution in [2.45, 2.75) is 19.4 Å². The van der Waals surface area contributed by atoms with E-state index in [2.05, 4.69) is 21.9 Å². The van der Waals surface area contributed by atoms with Crippen molar-refractivity contribution in [2.75, 3.05) is 18.6 Å². The zero-order valence-electron chi connectivity index (χ0n) is 13.9. The third-order valence-electron chi connectivity index (χ3n) is 4.25. The maximum atomic E-state index is 11.5. The number of aromatic amines is 1. The molecule has 1 aliphatic rings. The van der Waals surface area contributed by atoms with Crippen LogP contribution in [-0.4, -0.2) is 34.7 Å². The van der Waals surface area contributed by atoms with Crippen LogP contribution < -0.4 is 4.90 Å². The number of aromatic nitrogens is 2. The molecule has 0 fully saturated rings. The van der Waals surface area contributed by atoms with Crippen LogP contribution in [0.2, 0.25) is 0 Å². The van der Waals surface area contributed by atoms with E-state index in [1.54, 1.807) is 18.3 Å². The lowest BCUT2D eigenvalue weighted by molar-refractivity contribution is -0.384. The average molecular weight is 342 g/mol. The van der Waals surface area contributed by atoms with Crippen LogP contribution in [0.1, 0.15) is 29.7 Å². The largest absolute Gasteiger partial charge is 0.466 e. The summed E-state index contributed by atoms with van der Waals surface area (Å²) in [6.45, 7) is 3.28. The molecular weight excluding hydrogens is 324 g/mol. The first-order valence-corrected chi connectivity index (χ1v) is 7.81. The summed E-state index contributed by atoms with van der Waals surface area (Å²) < 4.78 is 4.53. The number of nitrogens with zero attached hydrogens (tertiary/aromatic N) is 3. The molecule has 8 nitrogen and oxygen atoms in total. The number of nitro groups is 1. The number of esters is 1. The zero-order valence-corrected chi connectivity index (χ0v) is 13.9. The molecule has 2 aromatic rings. The Hall–Kier alpha value is -3.16. The Morgan fingerprint density at radius 2 is 2.32 bits per heavy atom. The fourth-order valence-electron chi connectivity index (χ4n) is 3.04. The first kappa shape index (κ1) is 16.7. The molecule has 25 heavy (non-hydrogen) atoms. The van der Waals surface area contributed by atoms with Gasteiger partial charge in [-0.3, -0.25) is 15.2 Å². The van der Waals surface area contributed by atoms with Crippen LogP contribution in [0.25, 0.3) is 6.08 Å². The summed E-state index contributed by atoms with van der Waals surface area (Å²) in [6.07, 6.45) is 4.49. The maximum absolute atomic E-state index is 11.5. The van der Waals surface area contributed by atoms with Crippen molar-refractivity contribution in [3.05, 3.63) is 57.4 Å². The number of benzene rings is 1. The number of ether oxygens (including phenoxy) is 1. The molecule has 1 aromatic carbocycles. The van der Waals surface area contributed by atoms with E-state index in [0.717, 1.165) is 11.3 Å². The van der Waals surface area contributed by atoms with Gasteiger partial charge in [-0.15, -0.1) is 0 Å². The maximum Gasteiger partial charge on any atom is 0.330 e. The molecule has 0 saturated carbocycles. The van der Waals surface area contributed by atoms with Crippen molar-refractivity contribution in [2.24, 2.45) is 0 Å². The van der Waals surface area contributed by atoms with Crippen LogP contribution >= 0.6 is 0 Å². The van der Waals surface area contributed by atoms with Crippen LogP contribution in [-0.2, 0) is 16.1 Å². The molecule has 0 radical (unpaired) electrons. The molecule has 0 spiro atoms. The predicted molar refractivity (Wildman–Crippen MR) is 92.2 cm³/mol. The van der Waals surface area contributed by atoms with E-state index in [1.807, 2.05) is 4.90 Å². The summed E-state index contributed by atoms with van der Waals surface area (Å²) in [5, 5.41) is 18.6. The molecule has 2 heterocycles. The lowest BCUT2D eigenvalue weighted by Gasteiger charge is -2.32. The number of nitro benzene ring substituents is 1. The van der Waals surface area contributed by atoms with E-state index in [-0.39, 0.29) is 11.6 Å². The fraction of sp³-hybridized carbons (Fsp3) is 0.294. The minimum absolute atomic E-state index is 0.00570. The van der Waals surface area contributed by atoms with Gasteiger partial charge in [0.15, 0.2) is 0 Å². The lowest BCUT2D eigenvalue weighted by atomic mass is 9.97. The summed E-state index contributed by atoms with van der Waals surface area (Å²) in [4.78, 5) is 24.3. The van der Waals surface area contributed by atoms with Gasteiger partial charge in [0.2, 0.25) is 0 Å². The Labute approximate surface area is 144 Å². The number of carbonyl (C=O) groups excluding carboxylic acids is 1. The highest BCUT2D eigenvalue weighted by Gasteiger charge is 2.28.